The van der Waals surface area contributed by atoms with Gasteiger partial charge in [0.2, 0.25) is 0 Å². The van der Waals surface area contributed by atoms with Crippen molar-refractivity contribution >= 4 is 17.5 Å². The fourth-order valence-corrected chi connectivity index (χ4v) is 4.38. The van der Waals surface area contributed by atoms with E-state index in [-0.39, 0.29) is 12.1 Å². The zero-order valence-corrected chi connectivity index (χ0v) is 17.5. The molecule has 2 N–H and O–H groups in total. The summed E-state index contributed by atoms with van der Waals surface area (Å²) in [6, 6.07) is 6.75. The first kappa shape index (κ1) is 20.6. The number of carbonyl (C=O) groups excluding carboxylic acids is 2. The minimum Gasteiger partial charge on any atom is -0.374 e. The minimum absolute atomic E-state index is 0.0314. The lowest BCUT2D eigenvalue weighted by atomic mass is 9.95. The summed E-state index contributed by atoms with van der Waals surface area (Å²) in [6.07, 6.45) is 7.68. The molecule has 1 aliphatic heterocycles. The molecule has 0 saturated heterocycles. The molecule has 1 saturated carbocycles. The van der Waals surface area contributed by atoms with E-state index in [0.29, 0.717) is 6.54 Å². The largest absolute Gasteiger partial charge is 0.374 e. The standard InChI is InChI=1S/C22H34N4O2/c1-25(2)20(17-11-12-19-16(14-17)8-7-13-26(19)3)15-23-21(27)22(28)24-18-9-5-4-6-10-18/h11-12,14,18,20H,4-10,13,15H2,1-3H3,(H,23,27)(H,24,28)/t20-/m0/s1. The van der Waals surface area contributed by atoms with Crippen molar-refractivity contribution in [2.75, 3.05) is 39.1 Å². The van der Waals surface area contributed by atoms with Crippen LogP contribution in [0.5, 0.6) is 0 Å². The molecule has 1 aliphatic carbocycles. The summed E-state index contributed by atoms with van der Waals surface area (Å²) in [5.41, 5.74) is 3.83. The number of aryl methyl sites for hydroxylation is 1. The highest BCUT2D eigenvalue weighted by Gasteiger charge is 2.23. The van der Waals surface area contributed by atoms with Crippen molar-refractivity contribution in [2.24, 2.45) is 0 Å². The number of benzene rings is 1. The average molecular weight is 387 g/mol. The van der Waals surface area contributed by atoms with Crippen molar-refractivity contribution in [1.82, 2.24) is 15.5 Å². The van der Waals surface area contributed by atoms with Crippen molar-refractivity contribution < 1.29 is 9.59 Å². The number of nitrogens with zero attached hydrogens (tertiary/aromatic N) is 2. The Labute approximate surface area is 168 Å². The first-order valence-electron chi connectivity index (χ1n) is 10.5. The molecule has 1 heterocycles. The summed E-state index contributed by atoms with van der Waals surface area (Å²) in [6.45, 7) is 1.51. The van der Waals surface area contributed by atoms with E-state index in [1.165, 1.54) is 23.2 Å². The molecule has 2 amide bonds. The Morgan fingerprint density at radius 2 is 1.89 bits per heavy atom. The molecule has 28 heavy (non-hydrogen) atoms. The molecule has 6 nitrogen and oxygen atoms in total. The smallest absolute Gasteiger partial charge is 0.309 e. The Morgan fingerprint density at radius 3 is 2.61 bits per heavy atom. The van der Waals surface area contributed by atoms with E-state index in [2.05, 4.69) is 45.7 Å². The van der Waals surface area contributed by atoms with Crippen LogP contribution in [0.2, 0.25) is 0 Å². The van der Waals surface area contributed by atoms with Crippen molar-refractivity contribution in [3.63, 3.8) is 0 Å². The van der Waals surface area contributed by atoms with Crippen molar-refractivity contribution in [1.29, 1.82) is 0 Å². The molecule has 0 bridgehead atoms. The Kier molecular flexibility index (Phi) is 6.94. The lowest BCUT2D eigenvalue weighted by Crippen LogP contribution is -2.46. The van der Waals surface area contributed by atoms with Crippen LogP contribution in [0.15, 0.2) is 18.2 Å². The van der Waals surface area contributed by atoms with Crippen LogP contribution in [-0.4, -0.2) is 57.0 Å². The van der Waals surface area contributed by atoms with Gasteiger partial charge in [-0.1, -0.05) is 31.4 Å². The number of hydrogen-bond acceptors (Lipinski definition) is 4. The van der Waals surface area contributed by atoms with E-state index in [1.54, 1.807) is 0 Å². The molecule has 154 valence electrons. The lowest BCUT2D eigenvalue weighted by Gasteiger charge is -2.30. The molecule has 3 rings (SSSR count). The average Bonchev–Trinajstić information content (AvgIpc) is 2.68. The highest BCUT2D eigenvalue weighted by molar-refractivity contribution is 6.35. The highest BCUT2D eigenvalue weighted by atomic mass is 16.2. The van der Waals surface area contributed by atoms with Gasteiger partial charge < -0.3 is 20.4 Å². The van der Waals surface area contributed by atoms with Crippen molar-refractivity contribution in [2.45, 2.75) is 57.0 Å². The summed E-state index contributed by atoms with van der Waals surface area (Å²) in [7, 11) is 6.14. The van der Waals surface area contributed by atoms with Crippen LogP contribution in [-0.2, 0) is 16.0 Å². The molecule has 6 heteroatoms. The lowest BCUT2D eigenvalue weighted by molar-refractivity contribution is -0.139. The van der Waals surface area contributed by atoms with Crippen LogP contribution in [0.4, 0.5) is 5.69 Å². The predicted molar refractivity (Wildman–Crippen MR) is 112 cm³/mol. The van der Waals surface area contributed by atoms with Crippen LogP contribution in [0.25, 0.3) is 0 Å². The minimum atomic E-state index is -0.532. The van der Waals surface area contributed by atoms with Gasteiger partial charge in [0.05, 0.1) is 6.04 Å². The predicted octanol–water partition coefficient (Wildman–Crippen LogP) is 2.24. The van der Waals surface area contributed by atoms with Crippen molar-refractivity contribution in [3.8, 4) is 0 Å². The van der Waals surface area contributed by atoms with Crippen LogP contribution in [0.3, 0.4) is 0 Å². The first-order chi connectivity index (χ1) is 13.5. The monoisotopic (exact) mass is 386 g/mol. The molecule has 1 aromatic rings. The summed E-state index contributed by atoms with van der Waals surface area (Å²) in [4.78, 5) is 28.9. The third-order valence-electron chi connectivity index (χ3n) is 6.07. The molecule has 0 unspecified atom stereocenters. The first-order valence-corrected chi connectivity index (χ1v) is 10.5. The molecule has 2 aliphatic rings. The van der Waals surface area contributed by atoms with Gasteiger partial charge in [0, 0.05) is 31.9 Å². The third-order valence-corrected chi connectivity index (χ3v) is 6.07. The van der Waals surface area contributed by atoms with E-state index in [4.69, 9.17) is 0 Å². The quantitative estimate of drug-likeness (QED) is 0.762. The number of nitrogens with one attached hydrogen (secondary N) is 2. The summed E-state index contributed by atoms with van der Waals surface area (Å²) >= 11 is 0. The van der Waals surface area contributed by atoms with E-state index in [0.717, 1.165) is 45.1 Å². The van der Waals surface area contributed by atoms with E-state index in [9.17, 15) is 9.59 Å². The number of rotatable bonds is 5. The molecule has 1 atom stereocenters. The number of anilines is 1. The summed E-state index contributed by atoms with van der Waals surface area (Å²) < 4.78 is 0. The number of carbonyl (C=O) groups is 2. The second-order valence-electron chi connectivity index (χ2n) is 8.41. The van der Waals surface area contributed by atoms with Gasteiger partial charge in [-0.15, -0.1) is 0 Å². The van der Waals surface area contributed by atoms with Gasteiger partial charge in [-0.05, 0) is 57.0 Å². The Balaban J connectivity index is 1.60. The fraction of sp³-hybridized carbons (Fsp3) is 0.636. The Hall–Kier alpha value is -2.08. The topological polar surface area (TPSA) is 64.7 Å². The van der Waals surface area contributed by atoms with Crippen LogP contribution in [0.1, 0.15) is 55.7 Å². The van der Waals surface area contributed by atoms with E-state index < -0.39 is 11.8 Å². The molecular formula is C22H34N4O2. The normalized spacial score (nSPS) is 18.5. The summed E-state index contributed by atoms with van der Waals surface area (Å²) in [5, 5.41) is 5.72. The molecule has 0 aromatic heterocycles. The Bertz CT molecular complexity index is 698. The number of likely N-dealkylation sites (N-methyl/N-ethyl adjacent to an activating group) is 1. The maximum Gasteiger partial charge on any atom is 0.309 e. The molecule has 0 radical (unpaired) electrons. The SMILES string of the molecule is CN1CCCc2cc([C@H](CNC(=O)C(=O)NC3CCCCC3)N(C)C)ccc21. The van der Waals surface area contributed by atoms with Gasteiger partial charge in [-0.3, -0.25) is 9.59 Å². The van der Waals surface area contributed by atoms with Gasteiger partial charge in [0.25, 0.3) is 0 Å². The zero-order valence-electron chi connectivity index (χ0n) is 17.5. The zero-order chi connectivity index (χ0) is 20.1. The van der Waals surface area contributed by atoms with Gasteiger partial charge in [0.15, 0.2) is 0 Å². The molecule has 0 spiro atoms. The van der Waals surface area contributed by atoms with Crippen LogP contribution < -0.4 is 15.5 Å². The number of amides is 2. The fourth-order valence-electron chi connectivity index (χ4n) is 4.38. The van der Waals surface area contributed by atoms with E-state index >= 15 is 0 Å². The van der Waals surface area contributed by atoms with Gasteiger partial charge in [-0.25, -0.2) is 0 Å². The number of fused-ring (bicyclic) bond motifs is 1. The molecule has 1 fully saturated rings. The third kappa shape index (κ3) is 5.04. The van der Waals surface area contributed by atoms with Gasteiger partial charge in [-0.2, -0.15) is 0 Å². The number of hydrogen-bond donors (Lipinski definition) is 2. The maximum absolute atomic E-state index is 12.3. The van der Waals surface area contributed by atoms with Gasteiger partial charge in [0.1, 0.15) is 0 Å². The molecule has 1 aromatic carbocycles. The van der Waals surface area contributed by atoms with Crippen LogP contribution >= 0.6 is 0 Å². The van der Waals surface area contributed by atoms with Gasteiger partial charge >= 0.3 is 11.8 Å². The second kappa shape index (κ2) is 9.41. The second-order valence-corrected chi connectivity index (χ2v) is 8.41. The summed E-state index contributed by atoms with van der Waals surface area (Å²) in [5.74, 6) is -1.04. The maximum atomic E-state index is 12.3. The van der Waals surface area contributed by atoms with Crippen LogP contribution in [0, 0.1) is 0 Å². The molecular weight excluding hydrogens is 352 g/mol. The Morgan fingerprint density at radius 1 is 1.14 bits per heavy atom. The van der Waals surface area contributed by atoms with Crippen molar-refractivity contribution in [3.05, 3.63) is 29.3 Å². The highest BCUT2D eigenvalue weighted by Crippen LogP contribution is 2.29. The van der Waals surface area contributed by atoms with E-state index in [1.807, 2.05) is 14.1 Å².